The van der Waals surface area contributed by atoms with Gasteiger partial charge < -0.3 is 9.47 Å². The molecule has 1 N–H and O–H groups in total. The number of nitriles is 1. The summed E-state index contributed by atoms with van der Waals surface area (Å²) in [5.41, 5.74) is 0.507. The fourth-order valence-electron chi connectivity index (χ4n) is 1.80. The van der Waals surface area contributed by atoms with E-state index in [9.17, 15) is 13.2 Å². The average Bonchev–Trinajstić information content (AvgIpc) is 2.59. The minimum Gasteiger partial charge on any atom is -0.482 e. The third kappa shape index (κ3) is 4.47. The Labute approximate surface area is 139 Å². The van der Waals surface area contributed by atoms with Crippen molar-refractivity contribution in [2.75, 3.05) is 18.4 Å². The number of rotatable bonds is 6. The lowest BCUT2D eigenvalue weighted by molar-refractivity contribution is -0.142. The summed E-state index contributed by atoms with van der Waals surface area (Å²) >= 11 is 0. The fraction of sp³-hybridized carbons (Fsp3) is 0.125. The van der Waals surface area contributed by atoms with Crippen LogP contribution in [0.1, 0.15) is 5.56 Å². The number of benzene rings is 2. The van der Waals surface area contributed by atoms with Crippen molar-refractivity contribution in [3.05, 3.63) is 54.1 Å². The minimum atomic E-state index is -3.85. The van der Waals surface area contributed by atoms with Crippen molar-refractivity contribution < 1.29 is 22.7 Å². The zero-order valence-electron chi connectivity index (χ0n) is 12.7. The number of anilines is 1. The fourth-order valence-corrected chi connectivity index (χ4v) is 2.89. The number of hydrogen-bond acceptors (Lipinski definition) is 6. The lowest BCUT2D eigenvalue weighted by atomic mass is 10.2. The van der Waals surface area contributed by atoms with Crippen molar-refractivity contribution >= 4 is 21.7 Å². The molecule has 0 aliphatic heterocycles. The van der Waals surface area contributed by atoms with Crippen LogP contribution in [0.25, 0.3) is 0 Å². The Morgan fingerprint density at radius 3 is 2.67 bits per heavy atom. The number of nitrogens with one attached hydrogen (secondary N) is 1. The highest BCUT2D eigenvalue weighted by Crippen LogP contribution is 2.21. The second-order valence-corrected chi connectivity index (χ2v) is 6.32. The van der Waals surface area contributed by atoms with Gasteiger partial charge in [0.2, 0.25) is 0 Å². The summed E-state index contributed by atoms with van der Waals surface area (Å²) in [6.07, 6.45) is 0. The van der Waals surface area contributed by atoms with Crippen molar-refractivity contribution in [2.24, 2.45) is 0 Å². The third-order valence-corrected chi connectivity index (χ3v) is 4.32. The highest BCUT2D eigenvalue weighted by molar-refractivity contribution is 7.92. The van der Waals surface area contributed by atoms with E-state index in [4.69, 9.17) is 10.00 Å². The van der Waals surface area contributed by atoms with Crippen LogP contribution in [0, 0.1) is 11.3 Å². The number of hydrogen-bond donors (Lipinski definition) is 1. The van der Waals surface area contributed by atoms with Gasteiger partial charge in [-0.05, 0) is 30.3 Å². The number of ether oxygens (including phenoxy) is 2. The molecule has 0 fully saturated rings. The van der Waals surface area contributed by atoms with Gasteiger partial charge in [-0.25, -0.2) is 13.2 Å². The van der Waals surface area contributed by atoms with Gasteiger partial charge in [-0.3, -0.25) is 4.72 Å². The monoisotopic (exact) mass is 346 g/mol. The molecule has 124 valence electrons. The van der Waals surface area contributed by atoms with E-state index < -0.39 is 16.0 Å². The number of sulfonamides is 1. The summed E-state index contributed by atoms with van der Waals surface area (Å²) in [6, 6.07) is 13.7. The van der Waals surface area contributed by atoms with Crippen LogP contribution in [-0.2, 0) is 19.6 Å². The Bertz CT molecular complexity index is 887. The molecule has 24 heavy (non-hydrogen) atoms. The summed E-state index contributed by atoms with van der Waals surface area (Å²) < 4.78 is 36.8. The standard InChI is InChI=1S/C16H14N2O5S/c1-22-16(19)11-23-14-6-3-5-13(9-14)18-24(20,21)15-7-2-4-12(8-15)10-17/h2-9,18H,11H2,1H3. The summed E-state index contributed by atoms with van der Waals surface area (Å²) in [6.45, 7) is -0.281. The van der Waals surface area contributed by atoms with Crippen LogP contribution in [0.15, 0.2) is 53.4 Å². The number of methoxy groups -OCH3 is 1. The molecule has 0 saturated carbocycles. The maximum atomic E-state index is 12.4. The molecule has 0 amide bonds. The second kappa shape index (κ2) is 7.48. The van der Waals surface area contributed by atoms with E-state index in [2.05, 4.69) is 9.46 Å². The highest BCUT2D eigenvalue weighted by Gasteiger charge is 2.15. The van der Waals surface area contributed by atoms with E-state index in [1.165, 1.54) is 43.5 Å². The Morgan fingerprint density at radius 2 is 1.96 bits per heavy atom. The van der Waals surface area contributed by atoms with E-state index in [1.54, 1.807) is 12.1 Å². The largest absolute Gasteiger partial charge is 0.482 e. The van der Waals surface area contributed by atoms with E-state index >= 15 is 0 Å². The van der Waals surface area contributed by atoms with E-state index in [0.29, 0.717) is 5.75 Å². The van der Waals surface area contributed by atoms with Crippen LogP contribution < -0.4 is 9.46 Å². The zero-order chi connectivity index (χ0) is 17.6. The van der Waals surface area contributed by atoms with Crippen LogP contribution in [0.2, 0.25) is 0 Å². The highest BCUT2D eigenvalue weighted by atomic mass is 32.2. The first-order valence-electron chi connectivity index (χ1n) is 6.77. The van der Waals surface area contributed by atoms with Crippen molar-refractivity contribution in [3.8, 4) is 11.8 Å². The molecular formula is C16H14N2O5S. The molecule has 0 spiro atoms. The molecule has 7 nitrogen and oxygen atoms in total. The van der Waals surface area contributed by atoms with Crippen molar-refractivity contribution in [1.29, 1.82) is 5.26 Å². The zero-order valence-corrected chi connectivity index (χ0v) is 13.5. The van der Waals surface area contributed by atoms with Crippen LogP contribution in [0.5, 0.6) is 5.75 Å². The SMILES string of the molecule is COC(=O)COc1cccc(NS(=O)(=O)c2cccc(C#N)c2)c1. The molecular weight excluding hydrogens is 332 g/mol. The van der Waals surface area contributed by atoms with Crippen molar-refractivity contribution in [2.45, 2.75) is 4.90 Å². The molecule has 2 aromatic carbocycles. The predicted octanol–water partition coefficient (Wildman–Crippen LogP) is 1.91. The van der Waals surface area contributed by atoms with Gasteiger partial charge in [-0.1, -0.05) is 12.1 Å². The maximum absolute atomic E-state index is 12.4. The maximum Gasteiger partial charge on any atom is 0.343 e. The van der Waals surface area contributed by atoms with Gasteiger partial charge in [-0.2, -0.15) is 5.26 Å². The lowest BCUT2D eigenvalue weighted by Gasteiger charge is -2.10. The van der Waals surface area contributed by atoms with E-state index in [-0.39, 0.29) is 22.8 Å². The van der Waals surface area contributed by atoms with Crippen LogP contribution >= 0.6 is 0 Å². The number of esters is 1. The van der Waals surface area contributed by atoms with Crippen molar-refractivity contribution in [1.82, 2.24) is 0 Å². The molecule has 0 aromatic heterocycles. The smallest absolute Gasteiger partial charge is 0.343 e. The van der Waals surface area contributed by atoms with Crippen LogP contribution in [-0.4, -0.2) is 28.1 Å². The molecule has 8 heteroatoms. The molecule has 0 heterocycles. The second-order valence-electron chi connectivity index (χ2n) is 4.64. The number of nitrogens with zero attached hydrogens (tertiary/aromatic N) is 1. The first-order valence-corrected chi connectivity index (χ1v) is 8.25. The Balaban J connectivity index is 2.17. The normalized spacial score (nSPS) is 10.5. The average molecular weight is 346 g/mol. The molecule has 2 rings (SSSR count). The number of carbonyl (C=O) groups excluding carboxylic acids is 1. The van der Waals surface area contributed by atoms with Gasteiger partial charge in [-0.15, -0.1) is 0 Å². The van der Waals surface area contributed by atoms with E-state index in [0.717, 1.165) is 0 Å². The van der Waals surface area contributed by atoms with E-state index in [1.807, 2.05) is 6.07 Å². The quantitative estimate of drug-likeness (QED) is 0.801. The Morgan fingerprint density at radius 1 is 1.21 bits per heavy atom. The van der Waals surface area contributed by atoms with Gasteiger partial charge in [0.05, 0.1) is 29.3 Å². The first kappa shape index (κ1) is 17.3. The molecule has 0 radical (unpaired) electrons. The van der Waals surface area contributed by atoms with Crippen molar-refractivity contribution in [3.63, 3.8) is 0 Å². The summed E-state index contributed by atoms with van der Waals surface area (Å²) in [7, 11) is -2.61. The molecule has 0 aliphatic carbocycles. The molecule has 0 atom stereocenters. The van der Waals surface area contributed by atoms with Gasteiger partial charge >= 0.3 is 5.97 Å². The first-order chi connectivity index (χ1) is 11.4. The summed E-state index contributed by atoms with van der Waals surface area (Å²) in [5.74, 6) is -0.235. The minimum absolute atomic E-state index is 0.0255. The van der Waals surface area contributed by atoms with Gasteiger partial charge in [0.1, 0.15) is 5.75 Å². The Kier molecular flexibility index (Phi) is 5.39. The molecule has 2 aromatic rings. The Hall–Kier alpha value is -3.05. The molecule has 0 aliphatic rings. The topological polar surface area (TPSA) is 105 Å². The molecule has 0 bridgehead atoms. The molecule has 0 saturated heterocycles. The third-order valence-electron chi connectivity index (χ3n) is 2.94. The number of carbonyl (C=O) groups is 1. The van der Waals surface area contributed by atoms with Gasteiger partial charge in [0, 0.05) is 6.07 Å². The molecule has 0 unspecified atom stereocenters. The van der Waals surface area contributed by atoms with Gasteiger partial charge in [0.15, 0.2) is 6.61 Å². The van der Waals surface area contributed by atoms with Crippen LogP contribution in [0.3, 0.4) is 0 Å². The van der Waals surface area contributed by atoms with Gasteiger partial charge in [0.25, 0.3) is 10.0 Å². The lowest BCUT2D eigenvalue weighted by Crippen LogP contribution is -2.14. The summed E-state index contributed by atoms with van der Waals surface area (Å²) in [4.78, 5) is 11.0. The van der Waals surface area contributed by atoms with Crippen LogP contribution in [0.4, 0.5) is 5.69 Å². The predicted molar refractivity (Wildman–Crippen MR) is 85.9 cm³/mol. The summed E-state index contributed by atoms with van der Waals surface area (Å²) in [5, 5.41) is 8.86.